The van der Waals surface area contributed by atoms with Crippen molar-refractivity contribution in [2.45, 2.75) is 52.6 Å². The molecule has 0 aliphatic carbocycles. The first-order valence-corrected chi connectivity index (χ1v) is 12.3. The first kappa shape index (κ1) is 31.3. The van der Waals surface area contributed by atoms with E-state index in [1.54, 1.807) is 4.40 Å². The van der Waals surface area contributed by atoms with Gasteiger partial charge in [-0.25, -0.2) is 23.1 Å². The molecule has 1 aliphatic heterocycles. The first-order valence-electron chi connectivity index (χ1n) is 12.3. The molecule has 0 radical (unpaired) electrons. The number of alkyl halides is 5. The molecule has 1 fully saturated rings. The van der Waals surface area contributed by atoms with Crippen molar-refractivity contribution in [2.24, 2.45) is 0 Å². The molecular formula is C26H30F6N6O. The number of carbonyl (C=O) groups is 1. The van der Waals surface area contributed by atoms with Crippen LogP contribution in [0.25, 0.3) is 16.6 Å². The highest BCUT2D eigenvalue weighted by atomic mass is 19.4. The average Bonchev–Trinajstić information content (AvgIpc) is 3.41. The summed E-state index contributed by atoms with van der Waals surface area (Å²) in [7, 11) is 0. The molecule has 1 aliphatic rings. The Hall–Kier alpha value is -3.90. The monoisotopic (exact) mass is 556 g/mol. The molecule has 0 spiro atoms. The minimum atomic E-state index is -4.27. The normalized spacial score (nSPS) is 14.4. The summed E-state index contributed by atoms with van der Waals surface area (Å²) in [6.45, 7) is 7.47. The quantitative estimate of drug-likeness (QED) is 0.266. The van der Waals surface area contributed by atoms with E-state index in [1.165, 1.54) is 30.9 Å². The molecule has 0 unspecified atom stereocenters. The van der Waals surface area contributed by atoms with Crippen molar-refractivity contribution in [1.82, 2.24) is 24.3 Å². The number of nitrogens with two attached hydrogens (primary N) is 1. The van der Waals surface area contributed by atoms with Crippen LogP contribution in [0.5, 0.6) is 0 Å². The molecule has 1 amide bonds. The van der Waals surface area contributed by atoms with Crippen LogP contribution >= 0.6 is 0 Å². The zero-order valence-corrected chi connectivity index (χ0v) is 21.9. The van der Waals surface area contributed by atoms with Crippen molar-refractivity contribution in [3.63, 3.8) is 0 Å². The molecular weight excluding hydrogens is 526 g/mol. The van der Waals surface area contributed by atoms with Crippen LogP contribution in [0.1, 0.15) is 56.5 Å². The van der Waals surface area contributed by atoms with E-state index < -0.39 is 35.9 Å². The van der Waals surface area contributed by atoms with E-state index in [2.05, 4.69) is 15.0 Å². The highest BCUT2D eigenvalue weighted by Gasteiger charge is 2.38. The summed E-state index contributed by atoms with van der Waals surface area (Å²) in [5, 5.41) is 0. The predicted molar refractivity (Wildman–Crippen MR) is 137 cm³/mol. The van der Waals surface area contributed by atoms with Gasteiger partial charge in [0, 0.05) is 31.4 Å². The van der Waals surface area contributed by atoms with Gasteiger partial charge in [0.25, 0.3) is 11.8 Å². The van der Waals surface area contributed by atoms with Crippen molar-refractivity contribution in [1.29, 1.82) is 0 Å². The SMILES string of the molecule is CC.CC.FC(F)(F)c1cccnc1.Nc1nc2cc(F)c(C(=O)N3CCCC(F)(F)C3)cc2n2cncc12. The minimum Gasteiger partial charge on any atom is -0.382 e. The second-order valence-electron chi connectivity index (χ2n) is 7.89. The fourth-order valence-corrected chi connectivity index (χ4v) is 3.70. The lowest BCUT2D eigenvalue weighted by Crippen LogP contribution is -2.45. The van der Waals surface area contributed by atoms with Gasteiger partial charge in [0.05, 0.1) is 41.2 Å². The van der Waals surface area contributed by atoms with Gasteiger partial charge in [0.2, 0.25) is 0 Å². The number of likely N-dealkylation sites (tertiary alicyclic amines) is 1. The Morgan fingerprint density at radius 1 is 1.05 bits per heavy atom. The molecule has 0 saturated carbocycles. The Morgan fingerprint density at radius 2 is 1.74 bits per heavy atom. The van der Waals surface area contributed by atoms with E-state index in [4.69, 9.17) is 5.73 Å². The zero-order chi connectivity index (χ0) is 29.4. The zero-order valence-electron chi connectivity index (χ0n) is 21.9. The topological polar surface area (TPSA) is 89.4 Å². The second-order valence-corrected chi connectivity index (χ2v) is 7.89. The molecule has 0 bridgehead atoms. The number of nitrogen functional groups attached to an aromatic ring is 1. The number of benzene rings is 1. The number of anilines is 1. The predicted octanol–water partition coefficient (Wildman–Crippen LogP) is 6.63. The lowest BCUT2D eigenvalue weighted by Gasteiger charge is -2.32. The molecule has 39 heavy (non-hydrogen) atoms. The first-order chi connectivity index (χ1) is 18.5. The van der Waals surface area contributed by atoms with Gasteiger partial charge in [-0.15, -0.1) is 0 Å². The van der Waals surface area contributed by atoms with Gasteiger partial charge in [-0.05, 0) is 24.6 Å². The fraction of sp³-hybridized carbons (Fsp3) is 0.385. The molecule has 3 aromatic heterocycles. The van der Waals surface area contributed by atoms with E-state index >= 15 is 0 Å². The highest BCUT2D eigenvalue weighted by molar-refractivity contribution is 5.98. The summed E-state index contributed by atoms with van der Waals surface area (Å²) in [6.07, 6.45) is 0.700. The van der Waals surface area contributed by atoms with E-state index in [0.717, 1.165) is 23.2 Å². The smallest absolute Gasteiger partial charge is 0.382 e. The molecule has 4 heterocycles. The number of hydrogen-bond donors (Lipinski definition) is 1. The fourth-order valence-electron chi connectivity index (χ4n) is 3.70. The minimum absolute atomic E-state index is 0.173. The van der Waals surface area contributed by atoms with Crippen LogP contribution in [0.4, 0.5) is 32.2 Å². The summed E-state index contributed by atoms with van der Waals surface area (Å²) < 4.78 is 78.4. The Balaban J connectivity index is 0.000000320. The molecule has 7 nitrogen and oxygen atoms in total. The third-order valence-corrected chi connectivity index (χ3v) is 5.36. The molecule has 2 N–H and O–H groups in total. The Bertz CT molecular complexity index is 1370. The van der Waals surface area contributed by atoms with Crippen molar-refractivity contribution < 1.29 is 31.1 Å². The number of pyridine rings is 1. The summed E-state index contributed by atoms with van der Waals surface area (Å²) >= 11 is 0. The molecule has 5 rings (SSSR count). The largest absolute Gasteiger partial charge is 0.417 e. The van der Waals surface area contributed by atoms with Crippen LogP contribution in [0.3, 0.4) is 0 Å². The molecule has 1 aromatic carbocycles. The van der Waals surface area contributed by atoms with Gasteiger partial charge in [0.15, 0.2) is 0 Å². The van der Waals surface area contributed by atoms with Crippen molar-refractivity contribution in [3.05, 3.63) is 66.1 Å². The lowest BCUT2D eigenvalue weighted by atomic mass is 10.1. The van der Waals surface area contributed by atoms with Crippen LogP contribution in [0.2, 0.25) is 0 Å². The van der Waals surface area contributed by atoms with E-state index in [0.29, 0.717) is 11.0 Å². The summed E-state index contributed by atoms with van der Waals surface area (Å²) in [6, 6.07) is 4.62. The molecule has 212 valence electrons. The number of imidazole rings is 1. The molecule has 13 heteroatoms. The summed E-state index contributed by atoms with van der Waals surface area (Å²) in [5.74, 6) is -4.35. The summed E-state index contributed by atoms with van der Waals surface area (Å²) in [5.41, 5.74) is 6.02. The van der Waals surface area contributed by atoms with E-state index in [1.807, 2.05) is 27.7 Å². The van der Waals surface area contributed by atoms with Crippen LogP contribution in [-0.2, 0) is 6.18 Å². The van der Waals surface area contributed by atoms with Crippen molar-refractivity contribution in [3.8, 4) is 0 Å². The number of rotatable bonds is 1. The van der Waals surface area contributed by atoms with Crippen LogP contribution < -0.4 is 5.73 Å². The number of piperidine rings is 1. The van der Waals surface area contributed by atoms with Crippen molar-refractivity contribution >= 4 is 28.3 Å². The Kier molecular flexibility index (Phi) is 10.6. The molecule has 0 atom stereocenters. The third-order valence-electron chi connectivity index (χ3n) is 5.36. The lowest BCUT2D eigenvalue weighted by molar-refractivity contribution is -0.137. The van der Waals surface area contributed by atoms with Gasteiger partial charge in [-0.2, -0.15) is 13.2 Å². The van der Waals surface area contributed by atoms with Gasteiger partial charge >= 0.3 is 6.18 Å². The number of fused-ring (bicyclic) bond motifs is 3. The van der Waals surface area contributed by atoms with E-state index in [-0.39, 0.29) is 36.3 Å². The maximum absolute atomic E-state index is 14.4. The van der Waals surface area contributed by atoms with Crippen molar-refractivity contribution in [2.75, 3.05) is 18.8 Å². The van der Waals surface area contributed by atoms with Crippen LogP contribution in [-0.4, -0.2) is 49.2 Å². The maximum Gasteiger partial charge on any atom is 0.417 e. The van der Waals surface area contributed by atoms with E-state index in [9.17, 15) is 31.1 Å². The highest BCUT2D eigenvalue weighted by Crippen LogP contribution is 2.29. The Morgan fingerprint density at radius 3 is 2.31 bits per heavy atom. The number of halogens is 6. The average molecular weight is 557 g/mol. The Labute approximate surface area is 221 Å². The third kappa shape index (κ3) is 7.58. The summed E-state index contributed by atoms with van der Waals surface area (Å²) in [4.78, 5) is 25.0. The number of hydrogen-bond acceptors (Lipinski definition) is 5. The van der Waals surface area contributed by atoms with Crippen LogP contribution in [0, 0.1) is 5.82 Å². The maximum atomic E-state index is 14.4. The number of carbonyl (C=O) groups excluding carboxylic acids is 1. The van der Waals surface area contributed by atoms with Gasteiger partial charge in [-0.1, -0.05) is 27.7 Å². The number of nitrogens with zero attached hydrogens (tertiary/aromatic N) is 5. The van der Waals surface area contributed by atoms with Gasteiger partial charge < -0.3 is 10.6 Å². The molecule has 1 saturated heterocycles. The standard InChI is InChI=1S/C16H14F3N5O.C6H4F3N.2C2H6/c17-10-5-11-12(24-8-21-6-13(24)14(20)22-11)4-9(10)15(25)23-3-1-2-16(18,19)7-23;7-6(8,9)5-2-1-3-10-4-5;2*1-2/h4-6,8H,1-3,7H2,(H2,20,22);1-4H;2*1-2H3. The number of aromatic nitrogens is 4. The van der Waals surface area contributed by atoms with Gasteiger partial charge in [0.1, 0.15) is 17.2 Å². The second kappa shape index (κ2) is 13.3. The number of amides is 1. The molecule has 4 aromatic rings. The van der Waals surface area contributed by atoms with Gasteiger partial charge in [-0.3, -0.25) is 14.2 Å². The van der Waals surface area contributed by atoms with Crippen LogP contribution in [0.15, 0.2) is 49.2 Å².